The van der Waals surface area contributed by atoms with Gasteiger partial charge in [0.15, 0.2) is 0 Å². The number of hydrogen-bond acceptors (Lipinski definition) is 3. The van der Waals surface area contributed by atoms with E-state index < -0.39 is 5.97 Å². The van der Waals surface area contributed by atoms with Crippen molar-refractivity contribution in [3.8, 4) is 11.1 Å². The third-order valence-corrected chi connectivity index (χ3v) is 3.48. The summed E-state index contributed by atoms with van der Waals surface area (Å²) in [5.41, 5.74) is 7.18. The van der Waals surface area contributed by atoms with E-state index >= 15 is 0 Å². The van der Waals surface area contributed by atoms with Gasteiger partial charge in [-0.1, -0.05) is 34.8 Å². The molecule has 0 amide bonds. The van der Waals surface area contributed by atoms with Crippen LogP contribution in [0, 0.1) is 0 Å². The van der Waals surface area contributed by atoms with Crippen LogP contribution in [-0.4, -0.2) is 16.1 Å². The van der Waals surface area contributed by atoms with Crippen molar-refractivity contribution in [3.05, 3.63) is 45.0 Å². The fraction of sp³-hybridized carbons (Fsp3) is 0.0769. The molecule has 1 heterocycles. The number of aromatic nitrogens is 1. The minimum Gasteiger partial charge on any atom is -0.481 e. The summed E-state index contributed by atoms with van der Waals surface area (Å²) in [7, 11) is 0. The molecule has 20 heavy (non-hydrogen) atoms. The third-order valence-electron chi connectivity index (χ3n) is 2.67. The number of nitrogens with two attached hydrogens (primary N) is 1. The Kier molecular flexibility index (Phi) is 4.38. The van der Waals surface area contributed by atoms with Crippen LogP contribution in [0.15, 0.2) is 24.4 Å². The second-order valence-corrected chi connectivity index (χ2v) is 5.30. The van der Waals surface area contributed by atoms with Crippen molar-refractivity contribution in [1.29, 1.82) is 0 Å². The van der Waals surface area contributed by atoms with Crippen LogP contribution in [0.1, 0.15) is 5.56 Å². The minimum absolute atomic E-state index is 0.162. The lowest BCUT2D eigenvalue weighted by atomic mass is 9.98. The van der Waals surface area contributed by atoms with Crippen molar-refractivity contribution in [3.63, 3.8) is 0 Å². The third kappa shape index (κ3) is 2.98. The largest absolute Gasteiger partial charge is 0.481 e. The van der Waals surface area contributed by atoms with Crippen molar-refractivity contribution < 1.29 is 9.90 Å². The lowest BCUT2D eigenvalue weighted by Crippen LogP contribution is -2.05. The van der Waals surface area contributed by atoms with Crippen LogP contribution in [0.5, 0.6) is 0 Å². The highest BCUT2D eigenvalue weighted by Crippen LogP contribution is 2.41. The van der Waals surface area contributed by atoms with Gasteiger partial charge < -0.3 is 10.8 Å². The van der Waals surface area contributed by atoms with Gasteiger partial charge in [0.1, 0.15) is 5.82 Å². The zero-order valence-corrected chi connectivity index (χ0v) is 12.3. The van der Waals surface area contributed by atoms with Crippen molar-refractivity contribution in [2.75, 3.05) is 5.73 Å². The molecule has 0 radical (unpaired) electrons. The highest BCUT2D eigenvalue weighted by Gasteiger charge is 2.18. The molecule has 0 atom stereocenters. The number of carboxylic acids is 1. The van der Waals surface area contributed by atoms with Crippen LogP contribution in [0.4, 0.5) is 5.82 Å². The Balaban J connectivity index is 2.72. The quantitative estimate of drug-likeness (QED) is 0.893. The molecular formula is C13H9Cl3N2O2. The van der Waals surface area contributed by atoms with Crippen molar-refractivity contribution >= 4 is 46.6 Å². The Morgan fingerprint density at radius 3 is 2.35 bits per heavy atom. The maximum atomic E-state index is 10.9. The van der Waals surface area contributed by atoms with Crippen LogP contribution in [0.3, 0.4) is 0 Å². The number of benzene rings is 1. The Labute approximate surface area is 130 Å². The number of anilines is 1. The smallest absolute Gasteiger partial charge is 0.307 e. The van der Waals surface area contributed by atoms with Gasteiger partial charge in [-0.3, -0.25) is 4.79 Å². The summed E-state index contributed by atoms with van der Waals surface area (Å²) < 4.78 is 0. The van der Waals surface area contributed by atoms with E-state index in [9.17, 15) is 4.79 Å². The average Bonchev–Trinajstić information content (AvgIpc) is 2.30. The zero-order chi connectivity index (χ0) is 14.9. The summed E-state index contributed by atoms with van der Waals surface area (Å²) in [5, 5.41) is 9.92. The first-order chi connectivity index (χ1) is 9.40. The van der Waals surface area contributed by atoms with Gasteiger partial charge in [-0.2, -0.15) is 0 Å². The van der Waals surface area contributed by atoms with Crippen LogP contribution in [0.25, 0.3) is 11.1 Å². The zero-order valence-electron chi connectivity index (χ0n) is 10.0. The molecule has 2 aromatic rings. The Morgan fingerprint density at radius 1 is 1.20 bits per heavy atom. The number of pyridine rings is 1. The van der Waals surface area contributed by atoms with Gasteiger partial charge in [-0.15, -0.1) is 0 Å². The molecule has 0 fully saturated rings. The van der Waals surface area contributed by atoms with Crippen LogP contribution >= 0.6 is 34.8 Å². The second kappa shape index (κ2) is 5.87. The number of carboxylic acid groups (broad SMARTS) is 1. The highest BCUT2D eigenvalue weighted by molar-refractivity contribution is 6.42. The van der Waals surface area contributed by atoms with E-state index in [0.717, 1.165) is 0 Å². The molecule has 0 aliphatic carbocycles. The lowest BCUT2D eigenvalue weighted by Gasteiger charge is -2.14. The van der Waals surface area contributed by atoms with Crippen LogP contribution in [0.2, 0.25) is 15.1 Å². The minimum atomic E-state index is -0.988. The fourth-order valence-electron chi connectivity index (χ4n) is 1.90. The first-order valence-corrected chi connectivity index (χ1v) is 6.63. The highest BCUT2D eigenvalue weighted by atomic mass is 35.5. The van der Waals surface area contributed by atoms with E-state index in [0.29, 0.717) is 21.7 Å². The number of rotatable bonds is 3. The summed E-state index contributed by atoms with van der Waals surface area (Å²) in [4.78, 5) is 14.9. The molecule has 7 heteroatoms. The van der Waals surface area contributed by atoms with Crippen LogP contribution in [-0.2, 0) is 11.2 Å². The molecule has 1 aromatic heterocycles. The molecule has 0 saturated heterocycles. The number of nitrogen functional groups attached to an aromatic ring is 1. The van der Waals surface area contributed by atoms with Gasteiger partial charge in [0, 0.05) is 22.3 Å². The van der Waals surface area contributed by atoms with Crippen molar-refractivity contribution in [2.24, 2.45) is 0 Å². The standard InChI is InChI=1S/C13H9Cl3N2O2/c14-7-4-8(15)12(9(16)5-7)11-6(3-10(19)20)1-2-18-13(11)17/h1-2,4-5H,3H2,(H2,17,18)(H,19,20). The number of nitrogens with zero attached hydrogens (tertiary/aromatic N) is 1. The molecule has 0 aliphatic heterocycles. The SMILES string of the molecule is Nc1nccc(CC(=O)O)c1-c1c(Cl)cc(Cl)cc1Cl. The predicted molar refractivity (Wildman–Crippen MR) is 80.5 cm³/mol. The first-order valence-electron chi connectivity index (χ1n) is 5.50. The maximum absolute atomic E-state index is 10.9. The molecule has 4 nitrogen and oxygen atoms in total. The van der Waals surface area contributed by atoms with Gasteiger partial charge in [-0.05, 0) is 23.8 Å². The van der Waals surface area contributed by atoms with E-state index in [4.69, 9.17) is 45.6 Å². The lowest BCUT2D eigenvalue weighted by molar-refractivity contribution is -0.136. The van der Waals surface area contributed by atoms with E-state index in [2.05, 4.69) is 4.98 Å². The van der Waals surface area contributed by atoms with Gasteiger partial charge in [-0.25, -0.2) is 4.98 Å². The molecule has 2 rings (SSSR count). The summed E-state index contributed by atoms with van der Waals surface area (Å²) in [6.07, 6.45) is 1.23. The number of carbonyl (C=O) groups is 1. The maximum Gasteiger partial charge on any atom is 0.307 e. The Morgan fingerprint density at radius 2 is 1.80 bits per heavy atom. The molecular weight excluding hydrogens is 323 g/mol. The topological polar surface area (TPSA) is 76.2 Å². The second-order valence-electron chi connectivity index (χ2n) is 4.05. The molecule has 3 N–H and O–H groups in total. The Hall–Kier alpha value is -1.49. The monoisotopic (exact) mass is 330 g/mol. The van der Waals surface area contributed by atoms with E-state index in [-0.39, 0.29) is 22.3 Å². The molecule has 1 aromatic carbocycles. The molecule has 0 unspecified atom stereocenters. The predicted octanol–water partition coefficient (Wildman–Crippen LogP) is 3.92. The van der Waals surface area contributed by atoms with Crippen LogP contribution < -0.4 is 5.73 Å². The molecule has 0 saturated carbocycles. The van der Waals surface area contributed by atoms with E-state index in [1.165, 1.54) is 18.3 Å². The number of hydrogen-bond donors (Lipinski definition) is 2. The average molecular weight is 332 g/mol. The summed E-state index contributed by atoms with van der Waals surface area (Å²) >= 11 is 18.2. The molecule has 0 bridgehead atoms. The first kappa shape index (κ1) is 14.9. The number of aliphatic carboxylic acids is 1. The summed E-state index contributed by atoms with van der Waals surface area (Å²) in [6.45, 7) is 0. The molecule has 0 aliphatic rings. The van der Waals surface area contributed by atoms with Gasteiger partial charge in [0.2, 0.25) is 0 Å². The van der Waals surface area contributed by atoms with Crippen molar-refractivity contribution in [1.82, 2.24) is 4.98 Å². The van der Waals surface area contributed by atoms with E-state index in [1.807, 2.05) is 0 Å². The molecule has 104 valence electrons. The van der Waals surface area contributed by atoms with Gasteiger partial charge in [0.25, 0.3) is 0 Å². The molecule has 0 spiro atoms. The normalized spacial score (nSPS) is 10.6. The van der Waals surface area contributed by atoms with Crippen molar-refractivity contribution in [2.45, 2.75) is 6.42 Å². The van der Waals surface area contributed by atoms with E-state index in [1.54, 1.807) is 6.07 Å². The summed E-state index contributed by atoms with van der Waals surface area (Å²) in [5.74, 6) is -0.826. The summed E-state index contributed by atoms with van der Waals surface area (Å²) in [6, 6.07) is 4.60. The Bertz CT molecular complexity index is 666. The van der Waals surface area contributed by atoms with Gasteiger partial charge in [0.05, 0.1) is 16.5 Å². The number of halogens is 3. The van der Waals surface area contributed by atoms with Gasteiger partial charge >= 0.3 is 5.97 Å². The fourth-order valence-corrected chi connectivity index (χ4v) is 2.91.